The van der Waals surface area contributed by atoms with Gasteiger partial charge in [-0.2, -0.15) is 22.8 Å². The number of halogens is 4. The first-order chi connectivity index (χ1) is 14.8. The number of carbonyl (C=O) groups excluding carboxylic acids is 1. The van der Waals surface area contributed by atoms with Gasteiger partial charge in [0, 0.05) is 6.26 Å². The Balaban J connectivity index is 2.18. The van der Waals surface area contributed by atoms with Crippen molar-refractivity contribution < 1.29 is 26.6 Å². The molecule has 0 spiro atoms. The minimum absolute atomic E-state index is 0.106. The number of hydrogen-bond donors (Lipinski definition) is 0. The Morgan fingerprint density at radius 3 is 2.47 bits per heavy atom. The first-order valence-corrected chi connectivity index (χ1v) is 10.8. The summed E-state index contributed by atoms with van der Waals surface area (Å²) in [5.41, 5.74) is -2.42. The van der Waals surface area contributed by atoms with Crippen LogP contribution in [-0.4, -0.2) is 31.4 Å². The minimum Gasteiger partial charge on any atom is -0.264 e. The van der Waals surface area contributed by atoms with Crippen molar-refractivity contribution in [2.75, 3.05) is 6.26 Å². The lowest BCUT2D eigenvalue weighted by Gasteiger charge is -2.11. The third kappa shape index (κ3) is 4.38. The predicted octanol–water partition coefficient (Wildman–Crippen LogP) is 4.21. The van der Waals surface area contributed by atoms with Crippen molar-refractivity contribution in [3.8, 4) is 11.8 Å². The summed E-state index contributed by atoms with van der Waals surface area (Å²) in [5.74, 6) is -2.68. The van der Waals surface area contributed by atoms with E-state index in [-0.39, 0.29) is 15.1 Å². The molecule has 0 bridgehead atoms. The zero-order valence-corrected chi connectivity index (χ0v) is 17.8. The molecular weight excluding hydrogens is 450 g/mol. The molecule has 0 fully saturated rings. The van der Waals surface area contributed by atoms with Gasteiger partial charge in [-0.05, 0) is 49.2 Å². The Kier molecular flexibility index (Phi) is 5.88. The van der Waals surface area contributed by atoms with Crippen molar-refractivity contribution in [2.45, 2.75) is 24.9 Å². The highest BCUT2D eigenvalue weighted by Crippen LogP contribution is 2.34. The summed E-state index contributed by atoms with van der Waals surface area (Å²) in [7, 11) is -3.42. The summed E-state index contributed by atoms with van der Waals surface area (Å²) in [6.07, 6.45) is -4.04. The number of carbonyl (C=O) groups is 1. The molecule has 3 aromatic rings. The first kappa shape index (κ1) is 23.1. The lowest BCUT2D eigenvalue weighted by molar-refractivity contribution is -0.143. The number of rotatable bonds is 3. The van der Waals surface area contributed by atoms with Crippen LogP contribution < -0.4 is 0 Å². The molecule has 0 aliphatic heterocycles. The standard InChI is InChI=1S/C20H15F4N5O2S/c1-11-4-5-12(2)16(8-11)32(3,31)27-19(30)17-18(20(22,23)24)29(28-26-17)15-7-6-13(10-25)9-14(15)21/h4-9H,1-3H3. The molecule has 32 heavy (non-hydrogen) atoms. The van der Waals surface area contributed by atoms with Gasteiger partial charge in [-0.1, -0.05) is 17.3 Å². The molecule has 0 aliphatic rings. The SMILES string of the molecule is Cc1ccc(C)c(S(C)(=O)=NC(=O)c2nnn(-c3ccc(C#N)cc3F)c2C(F)(F)F)c1. The van der Waals surface area contributed by atoms with Gasteiger partial charge in [0.2, 0.25) is 0 Å². The van der Waals surface area contributed by atoms with E-state index in [1.807, 2.05) is 0 Å². The molecule has 1 aromatic heterocycles. The van der Waals surface area contributed by atoms with E-state index in [0.29, 0.717) is 5.56 Å². The Morgan fingerprint density at radius 2 is 1.88 bits per heavy atom. The molecule has 0 aliphatic carbocycles. The van der Waals surface area contributed by atoms with E-state index in [9.17, 15) is 26.6 Å². The van der Waals surface area contributed by atoms with E-state index >= 15 is 0 Å². The number of amides is 1. The van der Waals surface area contributed by atoms with E-state index in [0.717, 1.165) is 30.0 Å². The second-order valence-electron chi connectivity index (χ2n) is 6.94. The van der Waals surface area contributed by atoms with E-state index in [2.05, 4.69) is 14.7 Å². The van der Waals surface area contributed by atoms with Gasteiger partial charge in [0.15, 0.2) is 11.4 Å². The molecule has 7 nitrogen and oxygen atoms in total. The van der Waals surface area contributed by atoms with Crippen molar-refractivity contribution in [1.29, 1.82) is 5.26 Å². The molecule has 0 radical (unpaired) electrons. The number of aryl methyl sites for hydroxylation is 2. The fourth-order valence-corrected chi connectivity index (χ4v) is 4.53. The van der Waals surface area contributed by atoms with Crippen LogP contribution in [0.2, 0.25) is 0 Å². The maximum absolute atomic E-state index is 14.3. The lowest BCUT2D eigenvalue weighted by Crippen LogP contribution is -2.18. The van der Waals surface area contributed by atoms with Gasteiger partial charge < -0.3 is 0 Å². The van der Waals surface area contributed by atoms with Gasteiger partial charge in [-0.25, -0.2) is 13.3 Å². The number of nitrogens with zero attached hydrogens (tertiary/aromatic N) is 5. The van der Waals surface area contributed by atoms with E-state index in [1.54, 1.807) is 32.0 Å². The van der Waals surface area contributed by atoms with Gasteiger partial charge in [0.25, 0.3) is 0 Å². The van der Waals surface area contributed by atoms with E-state index in [1.165, 1.54) is 6.07 Å². The average molecular weight is 465 g/mol. The van der Waals surface area contributed by atoms with Gasteiger partial charge in [-0.15, -0.1) is 5.10 Å². The highest BCUT2D eigenvalue weighted by molar-refractivity contribution is 7.93. The van der Waals surface area contributed by atoms with Crippen LogP contribution in [0.15, 0.2) is 45.7 Å². The zero-order valence-electron chi connectivity index (χ0n) is 16.9. The summed E-state index contributed by atoms with van der Waals surface area (Å²) in [6.45, 7) is 3.35. The van der Waals surface area contributed by atoms with Crippen molar-refractivity contribution in [3.63, 3.8) is 0 Å². The van der Waals surface area contributed by atoms with Gasteiger partial charge in [-0.3, -0.25) is 4.79 Å². The highest BCUT2D eigenvalue weighted by atomic mass is 32.2. The van der Waals surface area contributed by atoms with Crippen LogP contribution in [0, 0.1) is 31.0 Å². The molecule has 12 heteroatoms. The molecule has 1 atom stereocenters. The molecule has 1 unspecified atom stereocenters. The molecule has 2 aromatic carbocycles. The molecule has 0 saturated heterocycles. The quantitative estimate of drug-likeness (QED) is 0.540. The highest BCUT2D eigenvalue weighted by Gasteiger charge is 2.42. The van der Waals surface area contributed by atoms with Crippen molar-refractivity contribution in [3.05, 3.63) is 70.3 Å². The molecule has 0 saturated carbocycles. The van der Waals surface area contributed by atoms with Crippen LogP contribution in [0.3, 0.4) is 0 Å². The van der Waals surface area contributed by atoms with Crippen molar-refractivity contribution in [1.82, 2.24) is 15.0 Å². The Labute approximate surface area is 180 Å². The molecule has 1 amide bonds. The van der Waals surface area contributed by atoms with Crippen LogP contribution in [0.1, 0.15) is 32.9 Å². The normalized spacial score (nSPS) is 13.3. The minimum atomic E-state index is -5.17. The summed E-state index contributed by atoms with van der Waals surface area (Å²) in [5, 5.41) is 15.3. The molecule has 3 rings (SSSR count). The first-order valence-electron chi connectivity index (χ1n) is 8.92. The number of alkyl halides is 3. The van der Waals surface area contributed by atoms with Crippen LogP contribution in [-0.2, 0) is 15.9 Å². The van der Waals surface area contributed by atoms with Crippen molar-refractivity contribution in [2.24, 2.45) is 4.36 Å². The number of aromatic nitrogens is 3. The van der Waals surface area contributed by atoms with Gasteiger partial charge in [0.05, 0.1) is 26.3 Å². The lowest BCUT2D eigenvalue weighted by atomic mass is 10.2. The summed E-state index contributed by atoms with van der Waals surface area (Å²) >= 11 is 0. The predicted molar refractivity (Wildman–Crippen MR) is 106 cm³/mol. The molecule has 1 heterocycles. The van der Waals surface area contributed by atoms with Gasteiger partial charge in [0.1, 0.15) is 11.5 Å². The van der Waals surface area contributed by atoms with E-state index < -0.39 is 44.7 Å². The van der Waals surface area contributed by atoms with Gasteiger partial charge >= 0.3 is 12.1 Å². The maximum Gasteiger partial charge on any atom is 0.435 e. The Bertz CT molecular complexity index is 1400. The van der Waals surface area contributed by atoms with Crippen LogP contribution in [0.25, 0.3) is 5.69 Å². The Hall–Kier alpha value is -3.59. The van der Waals surface area contributed by atoms with Crippen LogP contribution >= 0.6 is 0 Å². The average Bonchev–Trinajstić information content (AvgIpc) is 3.15. The summed E-state index contributed by atoms with van der Waals surface area (Å²) in [4.78, 5) is 12.8. The Morgan fingerprint density at radius 1 is 1.19 bits per heavy atom. The second-order valence-corrected chi connectivity index (χ2v) is 9.17. The van der Waals surface area contributed by atoms with Crippen molar-refractivity contribution >= 4 is 15.6 Å². The number of benzene rings is 2. The maximum atomic E-state index is 14.3. The topological polar surface area (TPSA) is 101 Å². The zero-order chi connectivity index (χ0) is 23.8. The molecular formula is C20H15F4N5O2S. The monoisotopic (exact) mass is 465 g/mol. The summed E-state index contributed by atoms with van der Waals surface area (Å²) in [6, 6.07) is 9.30. The molecule has 166 valence electrons. The summed E-state index contributed by atoms with van der Waals surface area (Å²) < 4.78 is 72.4. The third-order valence-corrected chi connectivity index (χ3v) is 6.23. The third-order valence-electron chi connectivity index (χ3n) is 4.46. The smallest absolute Gasteiger partial charge is 0.264 e. The van der Waals surface area contributed by atoms with Crippen LogP contribution in [0.4, 0.5) is 17.6 Å². The van der Waals surface area contributed by atoms with E-state index in [4.69, 9.17) is 5.26 Å². The molecule has 0 N–H and O–H groups in total. The number of hydrogen-bond acceptors (Lipinski definition) is 5. The largest absolute Gasteiger partial charge is 0.435 e. The fourth-order valence-electron chi connectivity index (χ4n) is 2.96. The van der Waals surface area contributed by atoms with Crippen LogP contribution in [0.5, 0.6) is 0 Å². The second kappa shape index (κ2) is 8.16. The fraction of sp³-hybridized carbons (Fsp3) is 0.200. The number of nitriles is 1.